The number of fused-ring (bicyclic) bond motifs is 1. The molecule has 3 rings (SSSR count). The fraction of sp³-hybridized carbons (Fsp3) is 0.941. The van der Waals surface area contributed by atoms with Gasteiger partial charge in [0.25, 0.3) is 0 Å². The van der Waals surface area contributed by atoms with Crippen molar-refractivity contribution < 1.29 is 13.2 Å². The Labute approximate surface area is 145 Å². The maximum atomic E-state index is 12.5. The lowest BCUT2D eigenvalue weighted by molar-refractivity contribution is -0.128. The normalized spacial score (nSPS) is 34.6. The fourth-order valence-electron chi connectivity index (χ4n) is 4.39. The maximum Gasteiger partial charge on any atom is 0.239 e. The number of hydrogen-bond acceptors (Lipinski definition) is 4. The number of rotatable bonds is 4. The third kappa shape index (κ3) is 4.70. The minimum absolute atomic E-state index is 0.00793. The van der Waals surface area contributed by atoms with Crippen molar-refractivity contribution in [2.24, 2.45) is 17.8 Å². The zero-order chi connectivity index (χ0) is 17.2. The van der Waals surface area contributed by atoms with Crippen molar-refractivity contribution in [1.29, 1.82) is 0 Å². The van der Waals surface area contributed by atoms with E-state index < -0.39 is 15.8 Å². The Morgan fingerprint density at radius 1 is 1.04 bits per heavy atom. The van der Waals surface area contributed by atoms with Gasteiger partial charge in [0.15, 0.2) is 0 Å². The van der Waals surface area contributed by atoms with Crippen LogP contribution in [0.1, 0.15) is 45.4 Å². The molecule has 2 N–H and O–H groups in total. The van der Waals surface area contributed by atoms with E-state index in [1.807, 2.05) is 0 Å². The van der Waals surface area contributed by atoms with Crippen molar-refractivity contribution in [2.45, 2.75) is 51.5 Å². The first kappa shape index (κ1) is 18.1. The molecule has 0 radical (unpaired) electrons. The molecule has 2 heterocycles. The van der Waals surface area contributed by atoms with Gasteiger partial charge in [-0.15, -0.1) is 0 Å². The van der Waals surface area contributed by atoms with Gasteiger partial charge in [-0.1, -0.05) is 6.92 Å². The number of hydrogen-bond donors (Lipinski definition) is 2. The van der Waals surface area contributed by atoms with Gasteiger partial charge in [-0.2, -0.15) is 0 Å². The van der Waals surface area contributed by atoms with E-state index in [0.717, 1.165) is 51.6 Å². The molecule has 1 saturated carbocycles. The molecule has 0 unspecified atom stereocenters. The number of amides is 1. The van der Waals surface area contributed by atoms with Crippen LogP contribution in [-0.4, -0.2) is 57.2 Å². The number of carbonyl (C=O) groups is 1. The van der Waals surface area contributed by atoms with Crippen LogP contribution in [0.15, 0.2) is 0 Å². The summed E-state index contributed by atoms with van der Waals surface area (Å²) in [5.41, 5.74) is 0. The average molecular weight is 358 g/mol. The summed E-state index contributed by atoms with van der Waals surface area (Å²) in [5, 5.41) is 3.41. The highest BCUT2D eigenvalue weighted by atomic mass is 32.2. The Kier molecular flexibility index (Phi) is 5.82. The number of nitrogens with one attached hydrogen (secondary N) is 2. The molecule has 3 fully saturated rings. The van der Waals surface area contributed by atoms with Gasteiger partial charge in [0.2, 0.25) is 15.9 Å². The van der Waals surface area contributed by atoms with E-state index in [9.17, 15) is 13.2 Å². The second-order valence-electron chi connectivity index (χ2n) is 7.97. The number of likely N-dealkylation sites (tertiary alicyclic amines) is 1. The molecule has 0 spiro atoms. The predicted molar refractivity (Wildman–Crippen MR) is 94.0 cm³/mol. The zero-order valence-corrected chi connectivity index (χ0v) is 15.5. The fourth-order valence-corrected chi connectivity index (χ4v) is 5.73. The lowest BCUT2D eigenvalue weighted by Gasteiger charge is -2.27. The molecule has 24 heavy (non-hydrogen) atoms. The maximum absolute atomic E-state index is 12.5. The largest absolute Gasteiger partial charge is 0.342 e. The van der Waals surface area contributed by atoms with Gasteiger partial charge in [-0.05, 0) is 69.4 Å². The van der Waals surface area contributed by atoms with Gasteiger partial charge < -0.3 is 10.2 Å². The number of nitrogens with zero attached hydrogens (tertiary/aromatic N) is 1. The monoisotopic (exact) mass is 357 g/mol. The molecule has 0 bridgehead atoms. The quantitative estimate of drug-likeness (QED) is 0.785. The summed E-state index contributed by atoms with van der Waals surface area (Å²) in [6.07, 6.45) is 5.85. The molecule has 0 aromatic heterocycles. The van der Waals surface area contributed by atoms with E-state index in [2.05, 4.69) is 17.0 Å². The third-order valence-electron chi connectivity index (χ3n) is 6.05. The highest BCUT2D eigenvalue weighted by Crippen LogP contribution is 2.27. The lowest BCUT2D eigenvalue weighted by Crippen LogP contribution is -2.44. The molecule has 1 amide bonds. The molecule has 138 valence electrons. The van der Waals surface area contributed by atoms with Crippen molar-refractivity contribution >= 4 is 15.9 Å². The predicted octanol–water partition coefficient (Wildman–Crippen LogP) is 0.943. The van der Waals surface area contributed by atoms with Gasteiger partial charge in [0.1, 0.15) is 5.75 Å². The summed E-state index contributed by atoms with van der Waals surface area (Å²) in [6, 6.07) is 0.00793. The topological polar surface area (TPSA) is 78.5 Å². The molecule has 1 aliphatic carbocycles. The van der Waals surface area contributed by atoms with Crippen LogP contribution in [0.25, 0.3) is 0 Å². The molecule has 2 aliphatic heterocycles. The summed E-state index contributed by atoms with van der Waals surface area (Å²) in [6.45, 7) is 5.66. The molecule has 2 saturated heterocycles. The van der Waals surface area contributed by atoms with E-state index in [1.54, 1.807) is 4.90 Å². The van der Waals surface area contributed by atoms with Crippen LogP contribution in [0, 0.1) is 17.8 Å². The van der Waals surface area contributed by atoms with Gasteiger partial charge in [-0.3, -0.25) is 4.79 Å². The summed E-state index contributed by atoms with van der Waals surface area (Å²) < 4.78 is 27.4. The van der Waals surface area contributed by atoms with Crippen LogP contribution in [0.4, 0.5) is 0 Å². The zero-order valence-electron chi connectivity index (χ0n) is 14.7. The Bertz CT molecular complexity index is 529. The lowest BCUT2D eigenvalue weighted by atomic mass is 9.88. The Morgan fingerprint density at radius 2 is 1.62 bits per heavy atom. The van der Waals surface area contributed by atoms with Gasteiger partial charge in [-0.25, -0.2) is 13.1 Å². The van der Waals surface area contributed by atoms with Crippen molar-refractivity contribution in [3.05, 3.63) is 0 Å². The third-order valence-corrected chi connectivity index (χ3v) is 7.37. The highest BCUT2D eigenvalue weighted by molar-refractivity contribution is 7.90. The van der Waals surface area contributed by atoms with Crippen LogP contribution in [-0.2, 0) is 14.8 Å². The van der Waals surface area contributed by atoms with Crippen molar-refractivity contribution in [3.8, 4) is 0 Å². The summed E-state index contributed by atoms with van der Waals surface area (Å²) >= 11 is 0. The van der Waals surface area contributed by atoms with Crippen LogP contribution >= 0.6 is 0 Å². The molecule has 2 atom stereocenters. The SMILES string of the molecule is CC1CCC(NS(=O)(=O)CC(=O)N2CC[C@@H]3CNC[C@@H]3CC2)CC1. The van der Waals surface area contributed by atoms with Crippen molar-refractivity contribution in [3.63, 3.8) is 0 Å². The number of carbonyl (C=O) groups excluding carboxylic acids is 1. The van der Waals surface area contributed by atoms with Gasteiger partial charge in [0.05, 0.1) is 0 Å². The first-order valence-electron chi connectivity index (χ1n) is 9.41. The summed E-state index contributed by atoms with van der Waals surface area (Å²) in [5.74, 6) is 1.33. The van der Waals surface area contributed by atoms with Crippen molar-refractivity contribution in [1.82, 2.24) is 14.9 Å². The standard InChI is InChI=1S/C17H31N3O3S/c1-13-2-4-16(5-3-13)19-24(22,23)12-17(21)20-8-6-14-10-18-11-15(14)7-9-20/h13-16,18-19H,2-12H2,1H3/t13?,14-,15+,16?. The van der Waals surface area contributed by atoms with Crippen LogP contribution in [0.2, 0.25) is 0 Å². The first-order chi connectivity index (χ1) is 11.4. The average Bonchev–Trinajstić information content (AvgIpc) is 2.87. The van der Waals surface area contributed by atoms with Crippen LogP contribution < -0.4 is 10.0 Å². The molecular formula is C17H31N3O3S. The van der Waals surface area contributed by atoms with E-state index in [4.69, 9.17) is 0 Å². The Morgan fingerprint density at radius 3 is 2.21 bits per heavy atom. The molecule has 6 nitrogen and oxygen atoms in total. The number of sulfonamides is 1. The van der Waals surface area contributed by atoms with Gasteiger partial charge in [0, 0.05) is 19.1 Å². The Hall–Kier alpha value is -0.660. The second kappa shape index (κ2) is 7.70. The van der Waals surface area contributed by atoms with Crippen LogP contribution in [0.3, 0.4) is 0 Å². The molecular weight excluding hydrogens is 326 g/mol. The minimum atomic E-state index is -3.53. The molecule has 3 aliphatic rings. The molecule has 0 aromatic rings. The van der Waals surface area contributed by atoms with E-state index in [0.29, 0.717) is 30.8 Å². The smallest absolute Gasteiger partial charge is 0.239 e. The first-order valence-corrected chi connectivity index (χ1v) is 11.1. The molecule has 7 heteroatoms. The van der Waals surface area contributed by atoms with Crippen LogP contribution in [0.5, 0.6) is 0 Å². The second-order valence-corrected chi connectivity index (χ2v) is 9.72. The molecule has 0 aromatic carbocycles. The summed E-state index contributed by atoms with van der Waals surface area (Å²) in [4.78, 5) is 14.2. The van der Waals surface area contributed by atoms with E-state index in [-0.39, 0.29) is 11.9 Å². The van der Waals surface area contributed by atoms with E-state index in [1.165, 1.54) is 0 Å². The summed E-state index contributed by atoms with van der Waals surface area (Å²) in [7, 11) is -3.53. The van der Waals surface area contributed by atoms with E-state index >= 15 is 0 Å². The van der Waals surface area contributed by atoms with Crippen molar-refractivity contribution in [2.75, 3.05) is 31.9 Å². The Balaban J connectivity index is 1.49. The van der Waals surface area contributed by atoms with Gasteiger partial charge >= 0.3 is 0 Å². The minimum Gasteiger partial charge on any atom is -0.342 e. The highest BCUT2D eigenvalue weighted by Gasteiger charge is 2.33.